The molecule has 0 fully saturated rings. The summed E-state index contributed by atoms with van der Waals surface area (Å²) in [7, 11) is 0. The van der Waals surface area contributed by atoms with Gasteiger partial charge in [-0.15, -0.1) is 0 Å². The number of hydrogen-bond donors (Lipinski definition) is 4. The first-order valence-electron chi connectivity index (χ1n) is 31.0. The van der Waals surface area contributed by atoms with Gasteiger partial charge < -0.3 is 30.3 Å². The molecule has 0 heterocycles. The average molecular weight is 1160 g/mol. The maximum absolute atomic E-state index is 12.7. The van der Waals surface area contributed by atoms with Crippen molar-refractivity contribution in [2.75, 3.05) is 0 Å². The molecule has 0 saturated heterocycles. The molecular formula is C84H60N2O4. The Morgan fingerprint density at radius 1 is 0.244 bits per heavy atom. The van der Waals surface area contributed by atoms with E-state index in [1.165, 1.54) is 75.8 Å². The van der Waals surface area contributed by atoms with Crippen molar-refractivity contribution < 1.29 is 19.7 Å². The first kappa shape index (κ1) is 53.2. The van der Waals surface area contributed by atoms with Crippen LogP contribution in [0.5, 0.6) is 23.0 Å². The molecule has 4 N–H and O–H groups in total. The zero-order valence-electron chi connectivity index (χ0n) is 49.4. The van der Waals surface area contributed by atoms with E-state index in [1.54, 1.807) is 0 Å². The highest BCUT2D eigenvalue weighted by Crippen LogP contribution is 2.49. The second-order valence-electron chi connectivity index (χ2n) is 24.0. The molecule has 0 aliphatic heterocycles. The monoisotopic (exact) mass is 1160 g/mol. The summed E-state index contributed by atoms with van der Waals surface area (Å²) in [5.74, 6) is 1.80. The van der Waals surface area contributed by atoms with Crippen LogP contribution >= 0.6 is 0 Å². The normalized spacial score (nSPS) is 12.0. The average Bonchev–Trinajstić information content (AvgIpc) is 0.970. The summed E-state index contributed by atoms with van der Waals surface area (Å²) < 4.78 is 13.9. The zero-order valence-corrected chi connectivity index (χ0v) is 49.4. The fraction of sp³-hybridized carbons (Fsp3) is 0.0714. The first-order valence-corrected chi connectivity index (χ1v) is 31.0. The maximum atomic E-state index is 12.7. The molecule has 0 spiro atoms. The lowest BCUT2D eigenvalue weighted by molar-refractivity contribution is 0.301. The minimum atomic E-state index is 0.227. The van der Waals surface area contributed by atoms with Crippen molar-refractivity contribution in [3.63, 3.8) is 0 Å². The van der Waals surface area contributed by atoms with Crippen molar-refractivity contribution in [2.24, 2.45) is 0 Å². The molecule has 0 aliphatic carbocycles. The zero-order chi connectivity index (χ0) is 59.8. The van der Waals surface area contributed by atoms with Crippen LogP contribution in [-0.2, 0) is 39.4 Å². The Bertz CT molecular complexity index is 5300. The van der Waals surface area contributed by atoms with Gasteiger partial charge in [0.05, 0.1) is 0 Å². The van der Waals surface area contributed by atoms with E-state index in [1.807, 2.05) is 24.3 Å². The molecule has 0 unspecified atom stereocenters. The standard InChI is InChI=1S/C84H60N2O4/c87-83-65(47-85-45-63-32-30-59-28-26-55-18-10-20-57-34-38-71(63)77(59)75(55)57)43-61-16-3-7-24-69(61)81(83)79-67-22-5-1-14-53(67)36-40-73(79)89-49-51-12-9-13-52(42-51)50-90-74-41-37-54-15-2-6-23-68(54)80(74)82-70-25-8-4-17-62(70)44-66(84(82)88)48-86-46-64-33-31-60-29-27-56-19-11-21-58-35-39-72(64)78(60)76(56)58/h1-44,85-88H,45-50H2. The van der Waals surface area contributed by atoms with Crippen LogP contribution in [0.15, 0.2) is 267 Å². The van der Waals surface area contributed by atoms with E-state index >= 15 is 0 Å². The number of ether oxygens (including phenoxy) is 2. The van der Waals surface area contributed by atoms with E-state index in [2.05, 4.69) is 253 Å². The molecule has 0 saturated carbocycles. The van der Waals surface area contributed by atoms with Crippen molar-refractivity contribution >= 4 is 108 Å². The largest absolute Gasteiger partial charge is 0.507 e. The van der Waals surface area contributed by atoms with E-state index < -0.39 is 0 Å². The van der Waals surface area contributed by atoms with Crippen LogP contribution in [-0.4, -0.2) is 10.2 Å². The Labute approximate surface area is 520 Å². The number of phenols is 2. The summed E-state index contributed by atoms with van der Waals surface area (Å²) in [6, 6.07) is 94.0. The Balaban J connectivity index is 0.656. The van der Waals surface area contributed by atoms with E-state index in [0.717, 1.165) is 87.6 Å². The number of phenolic OH excluding ortho intramolecular Hbond substituents is 2. The highest BCUT2D eigenvalue weighted by molar-refractivity contribution is 6.25. The fourth-order valence-electron chi connectivity index (χ4n) is 14.5. The van der Waals surface area contributed by atoms with Crippen LogP contribution in [0.3, 0.4) is 0 Å². The highest BCUT2D eigenvalue weighted by Gasteiger charge is 2.24. The molecule has 6 heteroatoms. The van der Waals surface area contributed by atoms with Crippen molar-refractivity contribution in [1.82, 2.24) is 10.6 Å². The van der Waals surface area contributed by atoms with Gasteiger partial charge in [-0.25, -0.2) is 0 Å². The van der Waals surface area contributed by atoms with Crippen molar-refractivity contribution in [1.29, 1.82) is 0 Å². The third-order valence-electron chi connectivity index (χ3n) is 18.8. The van der Waals surface area contributed by atoms with Crippen LogP contribution in [0.25, 0.3) is 130 Å². The van der Waals surface area contributed by atoms with Crippen LogP contribution in [0.1, 0.15) is 33.4 Å². The molecule has 0 amide bonds. The van der Waals surface area contributed by atoms with E-state index in [0.29, 0.717) is 37.7 Å². The van der Waals surface area contributed by atoms with Crippen LogP contribution in [0, 0.1) is 0 Å². The predicted molar refractivity (Wildman–Crippen MR) is 374 cm³/mol. The van der Waals surface area contributed by atoms with Gasteiger partial charge in [0.25, 0.3) is 0 Å². The van der Waals surface area contributed by atoms with Gasteiger partial charge in [-0.05, 0) is 160 Å². The maximum Gasteiger partial charge on any atom is 0.128 e. The second kappa shape index (κ2) is 22.0. The molecular weight excluding hydrogens is 1100 g/mol. The Kier molecular flexibility index (Phi) is 13.0. The third kappa shape index (κ3) is 9.10. The molecule has 0 radical (unpaired) electrons. The Morgan fingerprint density at radius 3 is 1.00 bits per heavy atom. The first-order chi connectivity index (χ1) is 44.5. The number of nitrogens with one attached hydrogen (secondary N) is 2. The van der Waals surface area contributed by atoms with Gasteiger partial charge in [0.2, 0.25) is 0 Å². The Morgan fingerprint density at radius 2 is 0.567 bits per heavy atom. The minimum absolute atomic E-state index is 0.227. The predicted octanol–water partition coefficient (Wildman–Crippen LogP) is 20.6. The van der Waals surface area contributed by atoms with Gasteiger partial charge >= 0.3 is 0 Å². The molecule has 90 heavy (non-hydrogen) atoms. The third-order valence-corrected chi connectivity index (χ3v) is 18.8. The second-order valence-corrected chi connectivity index (χ2v) is 24.0. The highest BCUT2D eigenvalue weighted by atomic mass is 16.5. The van der Waals surface area contributed by atoms with Crippen molar-refractivity contribution in [3.8, 4) is 45.3 Å². The van der Waals surface area contributed by atoms with Gasteiger partial charge in [-0.1, -0.05) is 237 Å². The van der Waals surface area contributed by atoms with Gasteiger partial charge in [-0.3, -0.25) is 0 Å². The lowest BCUT2D eigenvalue weighted by atomic mass is 9.90. The topological polar surface area (TPSA) is 83.0 Å². The molecule has 6 nitrogen and oxygen atoms in total. The van der Waals surface area contributed by atoms with Crippen LogP contribution in [0.2, 0.25) is 0 Å². The number of benzene rings is 17. The number of rotatable bonds is 16. The molecule has 430 valence electrons. The number of aromatic hydroxyl groups is 2. The number of fused-ring (bicyclic) bond motifs is 4. The summed E-state index contributed by atoms with van der Waals surface area (Å²) in [6.07, 6.45) is 0. The van der Waals surface area contributed by atoms with E-state index in [-0.39, 0.29) is 24.7 Å². The van der Waals surface area contributed by atoms with Crippen LogP contribution in [0.4, 0.5) is 0 Å². The van der Waals surface area contributed by atoms with Gasteiger partial charge in [0.15, 0.2) is 0 Å². The van der Waals surface area contributed by atoms with E-state index in [4.69, 9.17) is 9.47 Å². The summed E-state index contributed by atoms with van der Waals surface area (Å²) in [6.45, 7) is 2.72. The SMILES string of the molecule is Oc1c(CNCc2ccc3ccc4cccc5ccc2c3c45)cc2ccccc2c1-c1c(OCc2cccc(COc3ccc4ccccc4c3-c3c(O)c(CNCc4ccc5ccc6cccc7ccc4c5c67)cc4ccccc34)c2)ccc2ccccc12. The summed E-state index contributed by atoms with van der Waals surface area (Å²) in [4.78, 5) is 0. The fourth-order valence-corrected chi connectivity index (χ4v) is 14.5. The summed E-state index contributed by atoms with van der Waals surface area (Å²) >= 11 is 0. The molecule has 0 bridgehead atoms. The van der Waals surface area contributed by atoms with Crippen LogP contribution < -0.4 is 20.1 Å². The molecule has 0 aliphatic rings. The van der Waals surface area contributed by atoms with Gasteiger partial charge in [0.1, 0.15) is 36.2 Å². The van der Waals surface area contributed by atoms with Crippen molar-refractivity contribution in [3.05, 3.63) is 300 Å². The van der Waals surface area contributed by atoms with Gasteiger partial charge in [-0.2, -0.15) is 0 Å². The molecule has 17 aromatic carbocycles. The van der Waals surface area contributed by atoms with Crippen molar-refractivity contribution in [2.45, 2.75) is 39.4 Å². The van der Waals surface area contributed by atoms with E-state index in [9.17, 15) is 10.2 Å². The summed E-state index contributed by atoms with van der Waals surface area (Å²) in [5.41, 5.74) is 9.17. The molecule has 17 rings (SSSR count). The molecule has 0 aromatic heterocycles. The smallest absolute Gasteiger partial charge is 0.128 e. The number of hydrogen-bond acceptors (Lipinski definition) is 6. The molecule has 0 atom stereocenters. The summed E-state index contributed by atoms with van der Waals surface area (Å²) in [5, 5.41) is 56.1. The lowest BCUT2D eigenvalue weighted by Gasteiger charge is -2.20. The molecule has 17 aromatic rings. The quantitative estimate of drug-likeness (QED) is 0.0722. The lowest BCUT2D eigenvalue weighted by Crippen LogP contribution is -2.13. The minimum Gasteiger partial charge on any atom is -0.507 e. The van der Waals surface area contributed by atoms with Gasteiger partial charge in [0, 0.05) is 59.6 Å². The Hall–Kier alpha value is -11.0.